The fourth-order valence-electron chi connectivity index (χ4n) is 3.46. The van der Waals surface area contributed by atoms with Crippen molar-refractivity contribution in [1.82, 2.24) is 20.4 Å². The first-order valence-corrected chi connectivity index (χ1v) is 13.4. The minimum Gasteiger partial charge on any atom is -0.507 e. The Bertz CT molecular complexity index is 1500. The summed E-state index contributed by atoms with van der Waals surface area (Å²) in [6, 6.07) is 15.4. The molecule has 196 valence electrons. The smallest absolute Gasteiger partial charge is 0.290 e. The highest BCUT2D eigenvalue weighted by Crippen LogP contribution is 2.34. The lowest BCUT2D eigenvalue weighted by atomic mass is 10.1. The molecule has 14 heteroatoms. The van der Waals surface area contributed by atoms with Gasteiger partial charge in [-0.2, -0.15) is 5.10 Å². The summed E-state index contributed by atoms with van der Waals surface area (Å²) in [5, 5.41) is 27.7. The molecule has 0 aliphatic rings. The van der Waals surface area contributed by atoms with E-state index in [-0.39, 0.29) is 34.7 Å². The zero-order valence-electron chi connectivity index (χ0n) is 19.5. The molecule has 5 N–H and O–H groups in total. The van der Waals surface area contributed by atoms with E-state index in [9.17, 15) is 18.3 Å². The molecular weight excluding hydrogens is 542 g/mol. The van der Waals surface area contributed by atoms with Crippen molar-refractivity contribution < 1.29 is 28.2 Å². The summed E-state index contributed by atoms with van der Waals surface area (Å²) < 4.78 is 30.1. The van der Waals surface area contributed by atoms with E-state index in [1.807, 2.05) is 24.3 Å². The second-order valence-electron chi connectivity index (χ2n) is 7.57. The van der Waals surface area contributed by atoms with Gasteiger partial charge in [0.05, 0.1) is 28.3 Å². The standard InChI is InChI=1S/C22H22ClN5O4S2.CH2O2/c1-24-12-19(30)25-11-14-4-2-5-15(10-14)13-28-16-6-3-7-17(29)21(16)22(26-28)27-34(31,32)20-9-8-18(23)33-20;2-1-3/h2-10,24,29H,11-13H2,1H3,(H,25,30)(H,26,27);1H,(H,2,3). The number of carbonyl (C=O) groups excluding carboxylic acids is 1. The summed E-state index contributed by atoms with van der Waals surface area (Å²) in [6.45, 7) is 0.688. The van der Waals surface area contributed by atoms with Crippen molar-refractivity contribution in [3.05, 3.63) is 70.1 Å². The Hall–Kier alpha value is -3.65. The highest BCUT2D eigenvalue weighted by Gasteiger charge is 2.22. The highest BCUT2D eigenvalue weighted by atomic mass is 35.5. The van der Waals surface area contributed by atoms with Crippen molar-refractivity contribution in [3.63, 3.8) is 0 Å². The van der Waals surface area contributed by atoms with Crippen molar-refractivity contribution in [3.8, 4) is 5.75 Å². The van der Waals surface area contributed by atoms with E-state index in [1.54, 1.807) is 23.9 Å². The van der Waals surface area contributed by atoms with E-state index in [1.165, 1.54) is 18.2 Å². The second-order valence-corrected chi connectivity index (χ2v) is 11.2. The zero-order chi connectivity index (χ0) is 27.0. The van der Waals surface area contributed by atoms with Gasteiger partial charge in [0, 0.05) is 6.54 Å². The number of likely N-dealkylation sites (N-methyl/N-ethyl adjacent to an activating group) is 1. The third-order valence-corrected chi connectivity index (χ3v) is 8.01. The van der Waals surface area contributed by atoms with Gasteiger partial charge in [0.15, 0.2) is 5.82 Å². The number of carbonyl (C=O) groups is 2. The van der Waals surface area contributed by atoms with Crippen molar-refractivity contribution in [1.29, 1.82) is 0 Å². The Morgan fingerprint density at radius 3 is 2.54 bits per heavy atom. The van der Waals surface area contributed by atoms with Gasteiger partial charge in [0.2, 0.25) is 5.91 Å². The molecule has 0 atom stereocenters. The molecule has 0 unspecified atom stereocenters. The molecular formula is C23H24ClN5O6S2. The third kappa shape index (κ3) is 7.20. The fourth-order valence-corrected chi connectivity index (χ4v) is 5.95. The maximum Gasteiger partial charge on any atom is 0.290 e. The van der Waals surface area contributed by atoms with Crippen molar-refractivity contribution in [2.75, 3.05) is 18.3 Å². The first-order chi connectivity index (χ1) is 17.7. The van der Waals surface area contributed by atoms with Gasteiger partial charge < -0.3 is 20.8 Å². The number of phenols is 1. The minimum absolute atomic E-state index is 0.0214. The summed E-state index contributed by atoms with van der Waals surface area (Å²) >= 11 is 6.82. The fraction of sp³-hybridized carbons (Fsp3) is 0.174. The normalized spacial score (nSPS) is 11.0. The topological polar surface area (TPSA) is 163 Å². The number of hydrogen-bond donors (Lipinski definition) is 5. The van der Waals surface area contributed by atoms with Crippen LogP contribution in [0.1, 0.15) is 11.1 Å². The molecule has 4 rings (SSSR count). The number of halogens is 1. The Morgan fingerprint density at radius 1 is 1.16 bits per heavy atom. The summed E-state index contributed by atoms with van der Waals surface area (Å²) in [6.07, 6.45) is 0. The van der Waals surface area contributed by atoms with E-state index in [2.05, 4.69) is 20.5 Å². The number of carboxylic acid groups (broad SMARTS) is 1. The van der Waals surface area contributed by atoms with Crippen LogP contribution in [-0.4, -0.2) is 54.4 Å². The van der Waals surface area contributed by atoms with Crippen LogP contribution in [0.3, 0.4) is 0 Å². The number of fused-ring (bicyclic) bond motifs is 1. The Balaban J connectivity index is 0.00000121. The molecule has 0 aliphatic heterocycles. The monoisotopic (exact) mass is 565 g/mol. The SMILES string of the molecule is CNCC(=O)NCc1cccc(Cn2nc(NS(=O)(=O)c3ccc(Cl)s3)c3c(O)cccc32)c1.O=CO. The van der Waals surface area contributed by atoms with Gasteiger partial charge in [-0.1, -0.05) is 41.9 Å². The Kier molecular flexibility index (Phi) is 9.47. The van der Waals surface area contributed by atoms with Crippen LogP contribution in [0.2, 0.25) is 4.34 Å². The molecule has 0 spiro atoms. The van der Waals surface area contributed by atoms with Crippen molar-refractivity contribution in [2.24, 2.45) is 0 Å². The first kappa shape index (κ1) is 27.9. The Labute approximate surface area is 221 Å². The maximum absolute atomic E-state index is 12.8. The lowest BCUT2D eigenvalue weighted by Crippen LogP contribution is -2.31. The molecule has 4 aromatic rings. The summed E-state index contributed by atoms with van der Waals surface area (Å²) in [5.74, 6) is -0.176. The predicted octanol–water partition coefficient (Wildman–Crippen LogP) is 2.84. The Morgan fingerprint density at radius 2 is 1.86 bits per heavy atom. The number of nitrogens with one attached hydrogen (secondary N) is 3. The average molecular weight is 566 g/mol. The highest BCUT2D eigenvalue weighted by molar-refractivity contribution is 7.94. The number of phenolic OH excluding ortho intramolecular Hbond substituents is 1. The van der Waals surface area contributed by atoms with Crippen LogP contribution >= 0.6 is 22.9 Å². The largest absolute Gasteiger partial charge is 0.507 e. The number of thiophene rings is 1. The molecule has 11 nitrogen and oxygen atoms in total. The number of amides is 1. The van der Waals surface area contributed by atoms with Gasteiger partial charge in [-0.25, -0.2) is 8.42 Å². The zero-order valence-corrected chi connectivity index (χ0v) is 21.9. The summed E-state index contributed by atoms with van der Waals surface area (Å²) in [7, 11) is -2.23. The number of benzene rings is 2. The van der Waals surface area contributed by atoms with Gasteiger partial charge in [0.25, 0.3) is 16.5 Å². The van der Waals surface area contributed by atoms with Crippen LogP contribution in [0, 0.1) is 0 Å². The van der Waals surface area contributed by atoms with Crippen LogP contribution in [0.25, 0.3) is 10.9 Å². The number of aromatic hydroxyl groups is 1. The predicted molar refractivity (Wildman–Crippen MR) is 142 cm³/mol. The number of anilines is 1. The van der Waals surface area contributed by atoms with E-state index in [4.69, 9.17) is 21.5 Å². The quantitative estimate of drug-likeness (QED) is 0.193. The number of hydrogen-bond acceptors (Lipinski definition) is 8. The van der Waals surface area contributed by atoms with Crippen LogP contribution in [-0.2, 0) is 32.7 Å². The van der Waals surface area contributed by atoms with Crippen LogP contribution in [0.4, 0.5) is 5.82 Å². The van der Waals surface area contributed by atoms with Crippen LogP contribution in [0.15, 0.2) is 58.8 Å². The van der Waals surface area contributed by atoms with Crippen molar-refractivity contribution >= 4 is 62.1 Å². The second kappa shape index (κ2) is 12.5. The molecule has 1 amide bonds. The molecule has 2 heterocycles. The first-order valence-electron chi connectivity index (χ1n) is 10.7. The molecule has 0 saturated carbocycles. The van der Waals surface area contributed by atoms with E-state index in [0.717, 1.165) is 22.5 Å². The van der Waals surface area contributed by atoms with Crippen molar-refractivity contribution in [2.45, 2.75) is 17.3 Å². The molecule has 2 aromatic carbocycles. The third-order valence-electron chi connectivity index (χ3n) is 4.95. The molecule has 0 saturated heterocycles. The van der Waals surface area contributed by atoms with Crippen LogP contribution < -0.4 is 15.4 Å². The molecule has 0 fully saturated rings. The maximum atomic E-state index is 12.8. The average Bonchev–Trinajstić information content (AvgIpc) is 3.43. The number of rotatable bonds is 9. The molecule has 2 aromatic heterocycles. The van der Waals surface area contributed by atoms with E-state index in [0.29, 0.717) is 28.3 Å². The number of aromatic nitrogens is 2. The van der Waals surface area contributed by atoms with Gasteiger partial charge >= 0.3 is 0 Å². The molecule has 0 bridgehead atoms. The van der Waals surface area contributed by atoms with Crippen LogP contribution in [0.5, 0.6) is 5.75 Å². The molecule has 0 aliphatic carbocycles. The van der Waals surface area contributed by atoms with E-state index >= 15 is 0 Å². The lowest BCUT2D eigenvalue weighted by molar-refractivity contribution is -0.123. The lowest BCUT2D eigenvalue weighted by Gasteiger charge is -2.08. The minimum atomic E-state index is -3.94. The molecule has 0 radical (unpaired) electrons. The number of sulfonamides is 1. The summed E-state index contributed by atoms with van der Waals surface area (Å²) in [5.41, 5.74) is 2.37. The summed E-state index contributed by atoms with van der Waals surface area (Å²) in [4.78, 5) is 20.1. The van der Waals surface area contributed by atoms with E-state index < -0.39 is 10.0 Å². The number of nitrogens with zero attached hydrogens (tertiary/aromatic N) is 2. The molecule has 37 heavy (non-hydrogen) atoms. The van der Waals surface area contributed by atoms with Gasteiger partial charge in [-0.15, -0.1) is 11.3 Å². The van der Waals surface area contributed by atoms with Gasteiger partial charge in [-0.05, 0) is 42.4 Å². The van der Waals surface area contributed by atoms with Gasteiger partial charge in [0.1, 0.15) is 9.96 Å². The van der Waals surface area contributed by atoms with Gasteiger partial charge in [-0.3, -0.25) is 19.0 Å².